The average Bonchev–Trinajstić information content (AvgIpc) is 4.12. The van der Waals surface area contributed by atoms with Crippen molar-refractivity contribution in [3.8, 4) is 51.7 Å². The lowest BCUT2D eigenvalue weighted by Gasteiger charge is -2.29. The Morgan fingerprint density at radius 3 is 1.61 bits per heavy atom. The van der Waals surface area contributed by atoms with Gasteiger partial charge in [0.25, 0.3) is 28.9 Å². The van der Waals surface area contributed by atoms with Gasteiger partial charge in [-0.2, -0.15) is 23.1 Å². The molecule has 1 aliphatic rings. The van der Waals surface area contributed by atoms with Crippen LogP contribution in [0, 0.1) is 23.3 Å². The molecular weight excluding hydrogens is 1080 g/mol. The quantitative estimate of drug-likeness (QED) is 0.0521. The summed E-state index contributed by atoms with van der Waals surface area (Å²) in [4.78, 5) is 68.7. The number of alkyl halides is 3. The zero-order valence-corrected chi connectivity index (χ0v) is 42.9. The van der Waals surface area contributed by atoms with Crippen molar-refractivity contribution < 1.29 is 73.0 Å². The van der Waals surface area contributed by atoms with E-state index in [-0.39, 0.29) is 91.9 Å². The Morgan fingerprint density at radius 2 is 1.14 bits per heavy atom. The van der Waals surface area contributed by atoms with Gasteiger partial charge in [-0.05, 0) is 124 Å². The second-order valence-electron chi connectivity index (χ2n) is 17.2. The zero-order chi connectivity index (χ0) is 57.1. The molecule has 26 heteroatoms. The molecule has 0 spiro atoms. The molecule has 0 radical (unpaired) electrons. The van der Waals surface area contributed by atoms with Gasteiger partial charge in [0.2, 0.25) is 0 Å². The number of methoxy groups -OCH3 is 1. The van der Waals surface area contributed by atoms with Crippen molar-refractivity contribution in [2.75, 3.05) is 50.7 Å². The summed E-state index contributed by atoms with van der Waals surface area (Å²) in [5.74, 6) is -5.48. The maximum absolute atomic E-state index is 15.0. The number of likely N-dealkylation sites (tertiary alicyclic amines) is 1. The van der Waals surface area contributed by atoms with Crippen molar-refractivity contribution in [3.05, 3.63) is 168 Å². The number of carbonyl (C=O) groups excluding carboxylic acids is 4. The summed E-state index contributed by atoms with van der Waals surface area (Å²) in [6, 6.07) is 23.3. The van der Waals surface area contributed by atoms with E-state index in [0.717, 1.165) is 50.3 Å². The summed E-state index contributed by atoms with van der Waals surface area (Å²) in [6.45, 7) is 0.265. The Morgan fingerprint density at radius 1 is 0.650 bits per heavy atom. The number of thioether (sulfide) groups is 1. The normalized spacial score (nSPS) is 12.6. The summed E-state index contributed by atoms with van der Waals surface area (Å²) in [5.41, 5.74) is 0.551. The number of benzene rings is 4. The second kappa shape index (κ2) is 25.4. The molecular formula is C54H44F7N9O9S. The van der Waals surface area contributed by atoms with Gasteiger partial charge < -0.3 is 49.2 Å². The number of anilines is 2. The monoisotopic (exact) mass is 1130 g/mol. The summed E-state index contributed by atoms with van der Waals surface area (Å²) in [5, 5.41) is 9.98. The number of halogens is 7. The van der Waals surface area contributed by atoms with Gasteiger partial charge in [-0.1, -0.05) is 11.8 Å². The zero-order valence-electron chi connectivity index (χ0n) is 42.1. The molecule has 0 atom stereocenters. The van der Waals surface area contributed by atoms with Crippen molar-refractivity contribution in [2.24, 2.45) is 0 Å². The molecule has 5 heterocycles. The highest BCUT2D eigenvalue weighted by Crippen LogP contribution is 2.33. The van der Waals surface area contributed by atoms with Crippen molar-refractivity contribution in [3.63, 3.8) is 0 Å². The van der Waals surface area contributed by atoms with E-state index in [1.54, 1.807) is 11.6 Å². The number of amides is 4. The van der Waals surface area contributed by atoms with Crippen LogP contribution in [0.1, 0.15) is 54.8 Å². The number of rotatable bonds is 16. The predicted octanol–water partition coefficient (Wildman–Crippen LogP) is 11.0. The van der Waals surface area contributed by atoms with Crippen LogP contribution < -0.4 is 35.5 Å². The molecule has 0 aliphatic carbocycles. The van der Waals surface area contributed by atoms with E-state index in [1.165, 1.54) is 116 Å². The van der Waals surface area contributed by atoms with Crippen molar-refractivity contribution in [1.29, 1.82) is 0 Å². The third kappa shape index (κ3) is 15.0. The fraction of sp³-hybridized carbons (Fsp3) is 0.185. The topological polar surface area (TPSA) is 225 Å². The molecule has 18 nitrogen and oxygen atoms in total. The van der Waals surface area contributed by atoms with E-state index in [4.69, 9.17) is 23.0 Å². The first-order valence-electron chi connectivity index (χ1n) is 23.8. The van der Waals surface area contributed by atoms with Crippen LogP contribution in [0.15, 0.2) is 136 Å². The Kier molecular flexibility index (Phi) is 18.1. The van der Waals surface area contributed by atoms with E-state index in [0.29, 0.717) is 11.1 Å². The van der Waals surface area contributed by atoms with Gasteiger partial charge in [0.15, 0.2) is 46.0 Å². The molecule has 4 aromatic heterocycles. The highest BCUT2D eigenvalue weighted by Gasteiger charge is 2.29. The summed E-state index contributed by atoms with van der Waals surface area (Å²) < 4.78 is 120. The Bertz CT molecular complexity index is 3520. The third-order valence-electron chi connectivity index (χ3n) is 11.5. The number of oxazole rings is 2. The summed E-state index contributed by atoms with van der Waals surface area (Å²) >= 11 is 1.20. The number of hydrogen-bond acceptors (Lipinski definition) is 15. The molecule has 4 N–H and O–H groups in total. The highest BCUT2D eigenvalue weighted by molar-refractivity contribution is 7.98. The van der Waals surface area contributed by atoms with Gasteiger partial charge in [0.1, 0.15) is 41.1 Å². The van der Waals surface area contributed by atoms with Gasteiger partial charge in [-0.3, -0.25) is 29.1 Å². The van der Waals surface area contributed by atoms with Gasteiger partial charge >= 0.3 is 12.3 Å². The van der Waals surface area contributed by atoms with E-state index in [2.05, 4.69) is 40.8 Å². The first kappa shape index (κ1) is 56.9. The number of nitrogens with zero attached hydrogens (tertiary/aromatic N) is 5. The molecule has 1 aliphatic heterocycles. The van der Waals surface area contributed by atoms with Crippen molar-refractivity contribution >= 4 is 46.8 Å². The fourth-order valence-electron chi connectivity index (χ4n) is 7.52. The lowest BCUT2D eigenvalue weighted by atomic mass is 10.1. The number of nitrogens with one attached hydrogen (secondary N) is 4. The smallest absolute Gasteiger partial charge is 0.405 e. The molecule has 0 unspecified atom stereocenters. The summed E-state index contributed by atoms with van der Waals surface area (Å²) in [6.07, 6.45) is 1.15. The molecule has 80 heavy (non-hydrogen) atoms. The van der Waals surface area contributed by atoms with E-state index in [1.807, 2.05) is 7.05 Å². The maximum atomic E-state index is 15.0. The largest absolute Gasteiger partial charge is 0.454 e. The minimum absolute atomic E-state index is 0.00228. The number of aromatic nitrogens is 4. The van der Waals surface area contributed by atoms with Crippen LogP contribution in [0.2, 0.25) is 0 Å². The van der Waals surface area contributed by atoms with Gasteiger partial charge in [0.05, 0.1) is 7.11 Å². The molecule has 4 amide bonds. The number of pyridine rings is 2. The molecule has 4 aromatic carbocycles. The number of ether oxygens (including phenoxy) is 3. The van der Waals surface area contributed by atoms with Gasteiger partial charge in [-0.15, -0.1) is 0 Å². The van der Waals surface area contributed by atoms with Gasteiger partial charge in [0, 0.05) is 65.2 Å². The molecule has 9 rings (SSSR count). The summed E-state index contributed by atoms with van der Waals surface area (Å²) in [7, 11) is 3.32. The predicted molar refractivity (Wildman–Crippen MR) is 276 cm³/mol. The minimum atomic E-state index is -4.60. The Balaban J connectivity index is 0.000000211. The van der Waals surface area contributed by atoms with E-state index < -0.39 is 53.7 Å². The first-order valence-corrected chi connectivity index (χ1v) is 25.0. The second-order valence-corrected chi connectivity index (χ2v) is 18.0. The van der Waals surface area contributed by atoms with Crippen LogP contribution in [0.4, 0.5) is 42.1 Å². The fourth-order valence-corrected chi connectivity index (χ4v) is 7.86. The Hall–Kier alpha value is -9.30. The standard InChI is InChI=1S/C29H27F2N5O4S.C25H17F5N4O5/c1-36-13-10-19(11-14-36)33-27(37)23-16-21(9-12-32-23)39-24-8-7-20(15-22(24)31)34-28(38)25-26(40-29(35-25)41-2)17-3-5-18(30)6-4-17;1-37-24-34-20(21(39-24)13-2-4-14(26)5-3-13)23(36)33-15-6-7-19(17(27)10-15)38-16-8-9-31-18(11-16)22(35)32-12-25(28,29)30/h3-9,12,15-16,19H,10-11,13-14H2,1-2H3,(H,33,37)(H,34,38);2-11H,12H2,1H3,(H,32,35)(H,33,36). The molecule has 1 fully saturated rings. The molecule has 1 saturated heterocycles. The van der Waals surface area contributed by atoms with Crippen LogP contribution in [0.25, 0.3) is 22.6 Å². The highest BCUT2D eigenvalue weighted by atomic mass is 32.2. The lowest BCUT2D eigenvalue weighted by Crippen LogP contribution is -2.43. The van der Waals surface area contributed by atoms with Crippen LogP contribution in [-0.2, 0) is 0 Å². The van der Waals surface area contributed by atoms with Crippen LogP contribution in [0.5, 0.6) is 29.1 Å². The van der Waals surface area contributed by atoms with Crippen molar-refractivity contribution in [1.82, 2.24) is 35.5 Å². The van der Waals surface area contributed by atoms with Crippen molar-refractivity contribution in [2.45, 2.75) is 30.3 Å². The van der Waals surface area contributed by atoms with Crippen LogP contribution in [-0.4, -0.2) is 101 Å². The first-order chi connectivity index (χ1) is 38.3. The molecule has 0 bridgehead atoms. The maximum Gasteiger partial charge on any atom is 0.405 e. The van der Waals surface area contributed by atoms with Gasteiger partial charge in [-0.25, -0.2) is 17.6 Å². The minimum Gasteiger partial charge on any atom is -0.454 e. The van der Waals surface area contributed by atoms with Crippen LogP contribution in [0.3, 0.4) is 0 Å². The molecule has 0 saturated carbocycles. The number of hydrogen-bond donors (Lipinski definition) is 4. The van der Waals surface area contributed by atoms with E-state index >= 15 is 0 Å². The Labute approximate surface area is 454 Å². The number of piperidine rings is 1. The SMILES string of the molecule is COc1nc(C(=O)Nc2ccc(Oc3ccnc(C(=O)NCC(F)(F)F)c3)c(F)c2)c(-c2ccc(F)cc2)o1.CSc1nc(C(=O)Nc2ccc(Oc3ccnc(C(=O)NC4CCN(C)CC4)c3)c(F)c2)c(-c2ccc(F)cc2)o1. The molecule has 8 aromatic rings. The van der Waals surface area contributed by atoms with E-state index in [9.17, 15) is 49.9 Å². The van der Waals surface area contributed by atoms with Crippen LogP contribution >= 0.6 is 11.8 Å². The lowest BCUT2D eigenvalue weighted by molar-refractivity contribution is -0.123. The average molecular weight is 1130 g/mol. The third-order valence-corrected chi connectivity index (χ3v) is 12.0. The molecule has 414 valence electrons. The number of carbonyl (C=O) groups is 4.